The summed E-state index contributed by atoms with van der Waals surface area (Å²) in [4.78, 5) is 0. The van der Waals surface area contributed by atoms with Crippen LogP contribution >= 0.6 is 0 Å². The molecular weight excluding hydrogens is 193 g/mol. The molecule has 1 N–H and O–H groups in total. The van der Waals surface area contributed by atoms with Gasteiger partial charge in [-0.15, -0.1) is 0 Å². The van der Waals surface area contributed by atoms with Gasteiger partial charge >= 0.3 is 0 Å². The zero-order chi connectivity index (χ0) is 10.9. The number of benzene rings is 1. The van der Waals surface area contributed by atoms with Gasteiger partial charge in [-0.25, -0.2) is 4.39 Å². The highest BCUT2D eigenvalue weighted by Crippen LogP contribution is 2.33. The summed E-state index contributed by atoms with van der Waals surface area (Å²) >= 11 is 0. The second-order valence-corrected chi connectivity index (χ2v) is 4.06. The minimum Gasteiger partial charge on any atom is -0.372 e. The molecule has 0 amide bonds. The molecule has 15 heavy (non-hydrogen) atoms. The van der Waals surface area contributed by atoms with Crippen LogP contribution in [0.4, 0.5) is 4.39 Å². The van der Waals surface area contributed by atoms with Crippen molar-refractivity contribution in [3.05, 3.63) is 35.1 Å². The Balaban J connectivity index is 2.47. The molecule has 2 nitrogen and oxygen atoms in total. The molecular formula is C12H16FNO. The van der Waals surface area contributed by atoms with Gasteiger partial charge in [0.05, 0.1) is 0 Å². The first kappa shape index (κ1) is 10.6. The summed E-state index contributed by atoms with van der Waals surface area (Å²) in [5, 5.41) is 3.22. The molecule has 0 saturated carbocycles. The van der Waals surface area contributed by atoms with Crippen LogP contribution in [0.25, 0.3) is 0 Å². The van der Waals surface area contributed by atoms with Crippen LogP contribution in [0.2, 0.25) is 0 Å². The second kappa shape index (κ2) is 3.91. The Hall–Kier alpha value is -0.930. The van der Waals surface area contributed by atoms with E-state index >= 15 is 0 Å². The number of ether oxygens (including phenoxy) is 1. The number of hydrogen-bond donors (Lipinski definition) is 1. The van der Waals surface area contributed by atoms with Gasteiger partial charge in [-0.3, -0.25) is 0 Å². The fourth-order valence-corrected chi connectivity index (χ4v) is 2.18. The largest absolute Gasteiger partial charge is 0.372 e. The number of nitrogens with one attached hydrogen (secondary N) is 1. The van der Waals surface area contributed by atoms with Gasteiger partial charge in [0, 0.05) is 19.2 Å². The Morgan fingerprint density at radius 3 is 2.87 bits per heavy atom. The van der Waals surface area contributed by atoms with Crippen LogP contribution < -0.4 is 5.32 Å². The molecule has 1 aliphatic heterocycles. The molecule has 1 saturated heterocycles. The molecule has 1 aliphatic rings. The normalized spacial score (nSPS) is 25.8. The molecule has 0 radical (unpaired) electrons. The highest BCUT2D eigenvalue weighted by molar-refractivity contribution is 5.31. The molecule has 1 aromatic rings. The number of methoxy groups -OCH3 is 1. The van der Waals surface area contributed by atoms with Crippen LogP contribution in [-0.2, 0) is 10.3 Å². The molecule has 1 unspecified atom stereocenters. The van der Waals surface area contributed by atoms with Crippen LogP contribution in [-0.4, -0.2) is 20.2 Å². The summed E-state index contributed by atoms with van der Waals surface area (Å²) in [6.07, 6.45) is 0.823. The van der Waals surface area contributed by atoms with Crippen molar-refractivity contribution in [3.8, 4) is 0 Å². The van der Waals surface area contributed by atoms with Gasteiger partial charge in [-0.2, -0.15) is 0 Å². The maximum absolute atomic E-state index is 14.0. The smallest absolute Gasteiger partial charge is 0.132 e. The van der Waals surface area contributed by atoms with Gasteiger partial charge in [0.25, 0.3) is 0 Å². The summed E-state index contributed by atoms with van der Waals surface area (Å²) in [6.45, 7) is 3.34. The number of halogens is 1. The van der Waals surface area contributed by atoms with E-state index in [1.807, 2.05) is 12.1 Å². The lowest BCUT2D eigenvalue weighted by molar-refractivity contribution is 0.000282. The van der Waals surface area contributed by atoms with Gasteiger partial charge < -0.3 is 10.1 Å². The van der Waals surface area contributed by atoms with E-state index in [9.17, 15) is 4.39 Å². The van der Waals surface area contributed by atoms with Gasteiger partial charge in [0.2, 0.25) is 0 Å². The van der Waals surface area contributed by atoms with Crippen molar-refractivity contribution < 1.29 is 9.13 Å². The lowest BCUT2D eigenvalue weighted by atomic mass is 9.91. The molecule has 82 valence electrons. The van der Waals surface area contributed by atoms with Crippen LogP contribution in [0, 0.1) is 12.7 Å². The first-order valence-electron chi connectivity index (χ1n) is 5.21. The SMILES string of the molecule is COC1(c2cccc(C)c2F)CCNC1. The second-order valence-electron chi connectivity index (χ2n) is 4.06. The van der Waals surface area contributed by atoms with Crippen molar-refractivity contribution in [1.82, 2.24) is 5.32 Å². The molecule has 1 atom stereocenters. The van der Waals surface area contributed by atoms with Crippen molar-refractivity contribution in [2.75, 3.05) is 20.2 Å². The number of aryl methyl sites for hydroxylation is 1. The third-order valence-corrected chi connectivity index (χ3v) is 3.19. The van der Waals surface area contributed by atoms with E-state index in [0.29, 0.717) is 17.7 Å². The van der Waals surface area contributed by atoms with Crippen LogP contribution in [0.3, 0.4) is 0 Å². The van der Waals surface area contributed by atoms with Crippen LogP contribution in [0.1, 0.15) is 17.5 Å². The maximum atomic E-state index is 14.0. The van der Waals surface area contributed by atoms with Crippen LogP contribution in [0.15, 0.2) is 18.2 Å². The quantitative estimate of drug-likeness (QED) is 0.804. The zero-order valence-electron chi connectivity index (χ0n) is 9.14. The standard InChI is InChI=1S/C12H16FNO/c1-9-4-3-5-10(11(9)13)12(15-2)6-7-14-8-12/h3-5,14H,6-8H2,1-2H3. The van der Waals surface area contributed by atoms with Gasteiger partial charge in [0.15, 0.2) is 0 Å². The van der Waals surface area contributed by atoms with Crippen molar-refractivity contribution in [3.63, 3.8) is 0 Å². The summed E-state index contributed by atoms with van der Waals surface area (Å²) in [5.74, 6) is -0.136. The molecule has 0 aromatic heterocycles. The molecule has 0 bridgehead atoms. The lowest BCUT2D eigenvalue weighted by Gasteiger charge is -2.28. The van der Waals surface area contributed by atoms with E-state index in [-0.39, 0.29) is 5.82 Å². The summed E-state index contributed by atoms with van der Waals surface area (Å²) < 4.78 is 19.5. The third kappa shape index (κ3) is 1.66. The molecule has 0 spiro atoms. The van der Waals surface area contributed by atoms with Gasteiger partial charge in [0.1, 0.15) is 11.4 Å². The Bertz CT molecular complexity index is 359. The Morgan fingerprint density at radius 2 is 2.27 bits per heavy atom. The fourth-order valence-electron chi connectivity index (χ4n) is 2.18. The number of hydrogen-bond acceptors (Lipinski definition) is 2. The molecule has 3 heteroatoms. The summed E-state index contributed by atoms with van der Waals surface area (Å²) in [7, 11) is 1.65. The predicted molar refractivity (Wildman–Crippen MR) is 57.3 cm³/mol. The average Bonchev–Trinajstić information content (AvgIpc) is 2.72. The zero-order valence-corrected chi connectivity index (χ0v) is 9.14. The fraction of sp³-hybridized carbons (Fsp3) is 0.500. The van der Waals surface area contributed by atoms with E-state index in [4.69, 9.17) is 4.74 Å². The van der Waals surface area contributed by atoms with Crippen molar-refractivity contribution in [1.29, 1.82) is 0 Å². The topological polar surface area (TPSA) is 21.3 Å². The lowest BCUT2D eigenvalue weighted by Crippen LogP contribution is -2.32. The molecule has 0 aliphatic carbocycles. The van der Waals surface area contributed by atoms with E-state index in [2.05, 4.69) is 5.32 Å². The van der Waals surface area contributed by atoms with Crippen molar-refractivity contribution >= 4 is 0 Å². The number of rotatable bonds is 2. The highest BCUT2D eigenvalue weighted by Gasteiger charge is 2.37. The molecule has 1 heterocycles. The predicted octanol–water partition coefficient (Wildman–Crippen LogP) is 1.97. The summed E-state index contributed by atoms with van der Waals surface area (Å²) in [6, 6.07) is 5.48. The molecule has 1 aromatic carbocycles. The first-order chi connectivity index (χ1) is 7.19. The van der Waals surface area contributed by atoms with E-state index < -0.39 is 5.60 Å². The minimum absolute atomic E-state index is 0.136. The first-order valence-corrected chi connectivity index (χ1v) is 5.21. The van der Waals surface area contributed by atoms with E-state index in [1.54, 1.807) is 20.1 Å². The van der Waals surface area contributed by atoms with Crippen LogP contribution in [0.5, 0.6) is 0 Å². The van der Waals surface area contributed by atoms with Gasteiger partial charge in [-0.1, -0.05) is 18.2 Å². The molecule has 1 fully saturated rings. The van der Waals surface area contributed by atoms with Crippen molar-refractivity contribution in [2.24, 2.45) is 0 Å². The van der Waals surface area contributed by atoms with Gasteiger partial charge in [-0.05, 0) is 25.5 Å². The monoisotopic (exact) mass is 209 g/mol. The van der Waals surface area contributed by atoms with Crippen molar-refractivity contribution in [2.45, 2.75) is 18.9 Å². The van der Waals surface area contributed by atoms with E-state index in [0.717, 1.165) is 13.0 Å². The molecule has 2 rings (SSSR count). The Kier molecular flexibility index (Phi) is 2.76. The highest BCUT2D eigenvalue weighted by atomic mass is 19.1. The Morgan fingerprint density at radius 1 is 1.47 bits per heavy atom. The average molecular weight is 209 g/mol. The minimum atomic E-state index is -0.476. The van der Waals surface area contributed by atoms with E-state index in [1.165, 1.54) is 0 Å². The maximum Gasteiger partial charge on any atom is 0.132 e. The Labute approximate surface area is 89.4 Å². The third-order valence-electron chi connectivity index (χ3n) is 3.19. The summed E-state index contributed by atoms with van der Waals surface area (Å²) in [5.41, 5.74) is 0.877.